The zero-order chi connectivity index (χ0) is 10.8. The number of nitrogens with zero attached hydrogens (tertiary/aromatic N) is 2. The fraction of sp³-hybridized carbons (Fsp3) is 0. The summed E-state index contributed by atoms with van der Waals surface area (Å²) in [6, 6.07) is 6.70. The van der Waals surface area contributed by atoms with Gasteiger partial charge in [-0.05, 0) is 28.1 Å². The molecule has 0 atom stereocenters. The molecule has 15 heavy (non-hydrogen) atoms. The maximum Gasteiger partial charge on any atom is 0.161 e. The van der Waals surface area contributed by atoms with Crippen LogP contribution < -0.4 is 0 Å². The Labute approximate surface area is 99.9 Å². The molecule has 5 heteroatoms. The lowest BCUT2D eigenvalue weighted by Crippen LogP contribution is -1.89. The summed E-state index contributed by atoms with van der Waals surface area (Å²) in [5, 5.41) is 9.65. The third-order valence-electron chi connectivity index (χ3n) is 1.81. The lowest BCUT2D eigenvalue weighted by molar-refractivity contribution is 0.475. The van der Waals surface area contributed by atoms with Crippen molar-refractivity contribution in [3.05, 3.63) is 40.1 Å². The van der Waals surface area contributed by atoms with Gasteiger partial charge in [0.15, 0.2) is 5.82 Å². The fourth-order valence-electron chi connectivity index (χ4n) is 1.13. The van der Waals surface area contributed by atoms with E-state index < -0.39 is 0 Å². The Morgan fingerprint density at radius 3 is 2.80 bits per heavy atom. The average Bonchev–Trinajstić information content (AvgIpc) is 2.22. The van der Waals surface area contributed by atoms with Gasteiger partial charge in [0.1, 0.15) is 10.9 Å². The quantitative estimate of drug-likeness (QED) is 0.818. The molecule has 0 aliphatic rings. The van der Waals surface area contributed by atoms with Gasteiger partial charge in [-0.2, -0.15) is 0 Å². The smallest absolute Gasteiger partial charge is 0.161 e. The minimum atomic E-state index is 0.176. The van der Waals surface area contributed by atoms with Gasteiger partial charge < -0.3 is 5.11 Å². The standard InChI is InChI=1S/C10H6BrClN2O/c11-8-5-13-10(14-9(8)12)6-2-1-3-7(15)4-6/h1-5,15H. The van der Waals surface area contributed by atoms with Crippen molar-refractivity contribution in [1.29, 1.82) is 0 Å². The molecule has 2 rings (SSSR count). The van der Waals surface area contributed by atoms with Crippen molar-refractivity contribution in [2.45, 2.75) is 0 Å². The molecule has 0 spiro atoms. The predicted octanol–water partition coefficient (Wildman–Crippen LogP) is 3.27. The molecule has 0 aliphatic carbocycles. The van der Waals surface area contributed by atoms with Crippen LogP contribution >= 0.6 is 27.5 Å². The molecule has 2 aromatic rings. The topological polar surface area (TPSA) is 46.0 Å². The number of rotatable bonds is 1. The van der Waals surface area contributed by atoms with Gasteiger partial charge in [0.2, 0.25) is 0 Å². The summed E-state index contributed by atoms with van der Waals surface area (Å²) in [5.74, 6) is 0.661. The monoisotopic (exact) mass is 284 g/mol. The number of phenolic OH excluding ortho intramolecular Hbond substituents is 1. The summed E-state index contributed by atoms with van der Waals surface area (Å²) in [4.78, 5) is 8.18. The second-order valence-corrected chi connectivity index (χ2v) is 4.10. The minimum Gasteiger partial charge on any atom is -0.508 e. The van der Waals surface area contributed by atoms with Crippen LogP contribution in [-0.2, 0) is 0 Å². The first kappa shape index (κ1) is 10.4. The summed E-state index contributed by atoms with van der Waals surface area (Å²) < 4.78 is 0.646. The van der Waals surface area contributed by atoms with Gasteiger partial charge >= 0.3 is 0 Å². The van der Waals surface area contributed by atoms with Gasteiger partial charge in [-0.15, -0.1) is 0 Å². The molecule has 1 heterocycles. The number of benzene rings is 1. The van der Waals surface area contributed by atoms with E-state index in [0.717, 1.165) is 5.56 Å². The van der Waals surface area contributed by atoms with Crippen molar-refractivity contribution in [1.82, 2.24) is 9.97 Å². The summed E-state index contributed by atoms with van der Waals surface area (Å²) in [6.07, 6.45) is 1.58. The van der Waals surface area contributed by atoms with Crippen LogP contribution in [0.15, 0.2) is 34.9 Å². The summed E-state index contributed by atoms with van der Waals surface area (Å²) in [7, 11) is 0. The van der Waals surface area contributed by atoms with Gasteiger partial charge in [-0.25, -0.2) is 9.97 Å². The largest absolute Gasteiger partial charge is 0.508 e. The first-order valence-electron chi connectivity index (χ1n) is 4.14. The molecule has 0 amide bonds. The SMILES string of the molecule is Oc1cccc(-c2ncc(Br)c(Cl)n2)c1. The van der Waals surface area contributed by atoms with E-state index in [1.807, 2.05) is 0 Å². The normalized spacial score (nSPS) is 10.3. The Morgan fingerprint density at radius 1 is 1.33 bits per heavy atom. The number of aromatic hydroxyl groups is 1. The van der Waals surface area contributed by atoms with Crippen LogP contribution in [0.2, 0.25) is 5.15 Å². The molecule has 1 aromatic carbocycles. The first-order valence-corrected chi connectivity index (χ1v) is 5.31. The van der Waals surface area contributed by atoms with Crippen molar-refractivity contribution < 1.29 is 5.11 Å². The predicted molar refractivity (Wildman–Crippen MR) is 61.8 cm³/mol. The van der Waals surface area contributed by atoms with E-state index in [1.54, 1.807) is 30.5 Å². The summed E-state index contributed by atoms with van der Waals surface area (Å²) in [6.45, 7) is 0. The van der Waals surface area contributed by atoms with Gasteiger partial charge in [-0.3, -0.25) is 0 Å². The molecule has 0 saturated carbocycles. The lowest BCUT2D eigenvalue weighted by Gasteiger charge is -2.01. The molecule has 76 valence electrons. The van der Waals surface area contributed by atoms with Crippen molar-refractivity contribution in [2.75, 3.05) is 0 Å². The highest BCUT2D eigenvalue weighted by Gasteiger charge is 2.05. The third-order valence-corrected chi connectivity index (χ3v) is 2.90. The second-order valence-electron chi connectivity index (χ2n) is 2.88. The van der Waals surface area contributed by atoms with Crippen LogP contribution in [0.1, 0.15) is 0 Å². The molecule has 0 fully saturated rings. The van der Waals surface area contributed by atoms with Crippen molar-refractivity contribution in [3.63, 3.8) is 0 Å². The van der Waals surface area contributed by atoms with Gasteiger partial charge in [0, 0.05) is 11.8 Å². The molecular weight excluding hydrogens is 279 g/mol. The molecule has 3 nitrogen and oxygen atoms in total. The molecule has 0 aliphatic heterocycles. The number of hydrogen-bond donors (Lipinski definition) is 1. The fourth-order valence-corrected chi connectivity index (χ4v) is 1.45. The number of aromatic nitrogens is 2. The van der Waals surface area contributed by atoms with E-state index in [1.165, 1.54) is 0 Å². The summed E-state index contributed by atoms with van der Waals surface area (Å²) >= 11 is 9.05. The highest BCUT2D eigenvalue weighted by Crippen LogP contribution is 2.24. The zero-order valence-corrected chi connectivity index (χ0v) is 9.83. The van der Waals surface area contributed by atoms with E-state index in [4.69, 9.17) is 11.6 Å². The van der Waals surface area contributed by atoms with E-state index in [-0.39, 0.29) is 5.75 Å². The van der Waals surface area contributed by atoms with Crippen LogP contribution in [0.5, 0.6) is 5.75 Å². The highest BCUT2D eigenvalue weighted by molar-refractivity contribution is 9.10. The Balaban J connectivity index is 2.50. The van der Waals surface area contributed by atoms with Crippen LogP contribution in [-0.4, -0.2) is 15.1 Å². The van der Waals surface area contributed by atoms with Crippen molar-refractivity contribution >= 4 is 27.5 Å². The number of hydrogen-bond acceptors (Lipinski definition) is 3. The molecule has 0 bridgehead atoms. The average molecular weight is 286 g/mol. The molecule has 0 saturated heterocycles. The molecular formula is C10H6BrClN2O. The Kier molecular flexibility index (Phi) is 2.88. The van der Waals surface area contributed by atoms with E-state index in [9.17, 15) is 5.11 Å². The Hall–Kier alpha value is -1.13. The van der Waals surface area contributed by atoms with Crippen LogP contribution in [0.25, 0.3) is 11.4 Å². The van der Waals surface area contributed by atoms with Gasteiger partial charge in [-0.1, -0.05) is 23.7 Å². The molecule has 0 radical (unpaired) electrons. The number of halogens is 2. The van der Waals surface area contributed by atoms with Crippen molar-refractivity contribution in [3.8, 4) is 17.1 Å². The van der Waals surface area contributed by atoms with Crippen molar-refractivity contribution in [2.24, 2.45) is 0 Å². The van der Waals surface area contributed by atoms with Gasteiger partial charge in [0.25, 0.3) is 0 Å². The number of phenols is 1. The Morgan fingerprint density at radius 2 is 2.13 bits per heavy atom. The highest BCUT2D eigenvalue weighted by atomic mass is 79.9. The van der Waals surface area contributed by atoms with E-state index in [2.05, 4.69) is 25.9 Å². The second kappa shape index (κ2) is 4.16. The molecule has 1 aromatic heterocycles. The lowest BCUT2D eigenvalue weighted by atomic mass is 10.2. The van der Waals surface area contributed by atoms with Gasteiger partial charge in [0.05, 0.1) is 4.47 Å². The van der Waals surface area contributed by atoms with Crippen LogP contribution in [0.3, 0.4) is 0 Å². The summed E-state index contributed by atoms with van der Waals surface area (Å²) in [5.41, 5.74) is 0.726. The maximum atomic E-state index is 9.30. The molecule has 1 N–H and O–H groups in total. The maximum absolute atomic E-state index is 9.30. The van der Waals surface area contributed by atoms with Crippen LogP contribution in [0, 0.1) is 0 Å². The Bertz CT molecular complexity index is 505. The zero-order valence-electron chi connectivity index (χ0n) is 7.48. The van der Waals surface area contributed by atoms with E-state index >= 15 is 0 Å². The minimum absolute atomic E-state index is 0.176. The molecule has 0 unspecified atom stereocenters. The first-order chi connectivity index (χ1) is 7.16. The van der Waals surface area contributed by atoms with Crippen LogP contribution in [0.4, 0.5) is 0 Å². The van der Waals surface area contributed by atoms with E-state index in [0.29, 0.717) is 15.5 Å². The third kappa shape index (κ3) is 2.27.